The molecule has 1 N–H and O–H groups in total. The van der Waals surface area contributed by atoms with E-state index in [1.807, 2.05) is 12.1 Å². The smallest absolute Gasteiger partial charge is 0.0579 e. The molecule has 20 heavy (non-hydrogen) atoms. The lowest BCUT2D eigenvalue weighted by molar-refractivity contribution is 0.0893. The van der Waals surface area contributed by atoms with Gasteiger partial charge in [-0.05, 0) is 68.8 Å². The van der Waals surface area contributed by atoms with Crippen molar-refractivity contribution in [3.8, 4) is 0 Å². The molecule has 0 amide bonds. The van der Waals surface area contributed by atoms with Gasteiger partial charge in [0.2, 0.25) is 0 Å². The molecule has 2 rings (SSSR count). The van der Waals surface area contributed by atoms with Crippen LogP contribution < -0.4 is 5.32 Å². The normalized spacial score (nSPS) is 20.2. The maximum atomic E-state index is 6.09. The monoisotopic (exact) mass is 295 g/mol. The van der Waals surface area contributed by atoms with Crippen LogP contribution in [0.3, 0.4) is 0 Å². The molecule has 2 nitrogen and oxygen atoms in total. The highest BCUT2D eigenvalue weighted by Gasteiger charge is 2.21. The molecule has 0 spiro atoms. The molecule has 0 bridgehead atoms. The number of halogens is 1. The second-order valence-electron chi connectivity index (χ2n) is 5.77. The van der Waals surface area contributed by atoms with Gasteiger partial charge < -0.3 is 10.1 Å². The van der Waals surface area contributed by atoms with Crippen LogP contribution in [0, 0.1) is 5.92 Å². The first-order valence-corrected chi connectivity index (χ1v) is 8.22. The molecule has 0 radical (unpaired) electrons. The molecule has 1 aliphatic rings. The quantitative estimate of drug-likeness (QED) is 0.730. The van der Waals surface area contributed by atoms with E-state index in [4.69, 9.17) is 16.3 Å². The Morgan fingerprint density at radius 3 is 3.05 bits per heavy atom. The molecule has 0 saturated carbocycles. The minimum Gasteiger partial charge on any atom is -0.378 e. The zero-order valence-corrected chi connectivity index (χ0v) is 13.2. The third-order valence-electron chi connectivity index (χ3n) is 3.89. The lowest BCUT2D eigenvalue weighted by Crippen LogP contribution is -2.28. The molecule has 2 unspecified atom stereocenters. The van der Waals surface area contributed by atoms with Crippen LogP contribution in [0.4, 0.5) is 0 Å². The molecule has 2 atom stereocenters. The molecule has 1 aromatic carbocycles. The third kappa shape index (κ3) is 5.43. The van der Waals surface area contributed by atoms with E-state index >= 15 is 0 Å². The van der Waals surface area contributed by atoms with Crippen LogP contribution in [0.15, 0.2) is 24.3 Å². The van der Waals surface area contributed by atoms with Gasteiger partial charge >= 0.3 is 0 Å². The van der Waals surface area contributed by atoms with Crippen molar-refractivity contribution in [1.82, 2.24) is 5.32 Å². The highest BCUT2D eigenvalue weighted by molar-refractivity contribution is 6.30. The number of hydrogen-bond donors (Lipinski definition) is 1. The zero-order valence-electron chi connectivity index (χ0n) is 12.4. The lowest BCUT2D eigenvalue weighted by Gasteiger charge is -2.21. The minimum absolute atomic E-state index is 0.461. The molecule has 3 heteroatoms. The molecule has 1 heterocycles. The Bertz CT molecular complexity index is 390. The van der Waals surface area contributed by atoms with Crippen molar-refractivity contribution in [2.75, 3.05) is 19.7 Å². The van der Waals surface area contributed by atoms with E-state index in [-0.39, 0.29) is 0 Å². The van der Waals surface area contributed by atoms with Crippen LogP contribution in [0.2, 0.25) is 5.02 Å². The van der Waals surface area contributed by atoms with Gasteiger partial charge in [0.15, 0.2) is 0 Å². The molecule has 112 valence electrons. The zero-order chi connectivity index (χ0) is 14.2. The fourth-order valence-electron chi connectivity index (χ4n) is 2.92. The molecule has 1 fully saturated rings. The Kier molecular flexibility index (Phi) is 6.85. The largest absolute Gasteiger partial charge is 0.378 e. The van der Waals surface area contributed by atoms with Crippen molar-refractivity contribution in [3.63, 3.8) is 0 Å². The minimum atomic E-state index is 0.461. The van der Waals surface area contributed by atoms with E-state index in [9.17, 15) is 0 Å². The summed E-state index contributed by atoms with van der Waals surface area (Å²) in [5.41, 5.74) is 1.33. The average molecular weight is 296 g/mol. The van der Waals surface area contributed by atoms with Crippen molar-refractivity contribution < 1.29 is 4.74 Å². The Labute approximate surface area is 127 Å². The number of hydrogen-bond acceptors (Lipinski definition) is 2. The predicted octanol–water partition coefficient (Wildman–Crippen LogP) is 4.07. The molecule has 1 aromatic rings. The number of ether oxygens (including phenoxy) is 1. The number of nitrogens with one attached hydrogen (secondary N) is 1. The summed E-state index contributed by atoms with van der Waals surface area (Å²) in [6.07, 6.45) is 6.32. The standard InChI is InChI=1S/C17H26ClNO/c1-2-8-19-13-15(12-17-7-4-9-20-17)10-14-5-3-6-16(18)11-14/h3,5-6,11,15,17,19H,2,4,7-10,12-13H2,1H3. The van der Waals surface area contributed by atoms with E-state index in [0.717, 1.165) is 37.6 Å². The highest BCUT2D eigenvalue weighted by atomic mass is 35.5. The molecule has 1 aliphatic heterocycles. The van der Waals surface area contributed by atoms with Crippen LogP contribution in [0.1, 0.15) is 38.2 Å². The summed E-state index contributed by atoms with van der Waals surface area (Å²) >= 11 is 6.09. The topological polar surface area (TPSA) is 21.3 Å². The van der Waals surface area contributed by atoms with E-state index < -0.39 is 0 Å². The van der Waals surface area contributed by atoms with Crippen LogP contribution >= 0.6 is 11.6 Å². The van der Waals surface area contributed by atoms with Gasteiger partial charge in [0.1, 0.15) is 0 Å². The van der Waals surface area contributed by atoms with Crippen molar-refractivity contribution >= 4 is 11.6 Å². The fourth-order valence-corrected chi connectivity index (χ4v) is 3.13. The highest BCUT2D eigenvalue weighted by Crippen LogP contribution is 2.23. The van der Waals surface area contributed by atoms with Crippen LogP contribution in [-0.2, 0) is 11.2 Å². The average Bonchev–Trinajstić information content (AvgIpc) is 2.92. The first kappa shape index (κ1) is 15.8. The summed E-state index contributed by atoms with van der Waals surface area (Å²) in [6.45, 7) is 5.31. The van der Waals surface area contributed by atoms with E-state index in [1.165, 1.54) is 24.8 Å². The van der Waals surface area contributed by atoms with Gasteiger partial charge in [-0.2, -0.15) is 0 Å². The van der Waals surface area contributed by atoms with Gasteiger partial charge in [-0.3, -0.25) is 0 Å². The maximum Gasteiger partial charge on any atom is 0.0579 e. The van der Waals surface area contributed by atoms with Gasteiger partial charge in [0.05, 0.1) is 6.10 Å². The van der Waals surface area contributed by atoms with Crippen molar-refractivity contribution in [1.29, 1.82) is 0 Å². The van der Waals surface area contributed by atoms with Gasteiger partial charge in [-0.25, -0.2) is 0 Å². The Hall–Kier alpha value is -0.570. The van der Waals surface area contributed by atoms with Crippen molar-refractivity contribution in [3.05, 3.63) is 34.9 Å². The SMILES string of the molecule is CCCNCC(Cc1cccc(Cl)c1)CC1CCCO1. The third-order valence-corrected chi connectivity index (χ3v) is 4.13. The molecule has 0 aromatic heterocycles. The van der Waals surface area contributed by atoms with Gasteiger partial charge in [-0.15, -0.1) is 0 Å². The molecular formula is C17H26ClNO. The van der Waals surface area contributed by atoms with E-state index in [1.54, 1.807) is 0 Å². The molecule has 0 aliphatic carbocycles. The fraction of sp³-hybridized carbons (Fsp3) is 0.647. The maximum absolute atomic E-state index is 6.09. The van der Waals surface area contributed by atoms with E-state index in [2.05, 4.69) is 24.4 Å². The summed E-state index contributed by atoms with van der Waals surface area (Å²) in [4.78, 5) is 0. The lowest BCUT2D eigenvalue weighted by atomic mass is 9.92. The summed E-state index contributed by atoms with van der Waals surface area (Å²) in [5.74, 6) is 0.628. The summed E-state index contributed by atoms with van der Waals surface area (Å²) < 4.78 is 5.80. The Morgan fingerprint density at radius 2 is 2.35 bits per heavy atom. The van der Waals surface area contributed by atoms with Crippen LogP contribution in [0.25, 0.3) is 0 Å². The second kappa shape index (κ2) is 8.66. The van der Waals surface area contributed by atoms with E-state index in [0.29, 0.717) is 12.0 Å². The summed E-state index contributed by atoms with van der Waals surface area (Å²) in [5, 5.41) is 4.39. The first-order chi connectivity index (χ1) is 9.78. The first-order valence-electron chi connectivity index (χ1n) is 7.84. The van der Waals surface area contributed by atoms with Gasteiger partial charge in [0.25, 0.3) is 0 Å². The summed E-state index contributed by atoms with van der Waals surface area (Å²) in [6, 6.07) is 8.24. The van der Waals surface area contributed by atoms with Crippen molar-refractivity contribution in [2.24, 2.45) is 5.92 Å². The summed E-state index contributed by atoms with van der Waals surface area (Å²) in [7, 11) is 0. The molecule has 1 saturated heterocycles. The van der Waals surface area contributed by atoms with Gasteiger partial charge in [-0.1, -0.05) is 30.7 Å². The Balaban J connectivity index is 1.89. The van der Waals surface area contributed by atoms with Crippen molar-refractivity contribution in [2.45, 2.75) is 45.1 Å². The van der Waals surface area contributed by atoms with Gasteiger partial charge in [0, 0.05) is 11.6 Å². The molecular weight excluding hydrogens is 270 g/mol. The predicted molar refractivity (Wildman–Crippen MR) is 85.4 cm³/mol. The number of rotatable bonds is 8. The second-order valence-corrected chi connectivity index (χ2v) is 6.21. The van der Waals surface area contributed by atoms with Crippen LogP contribution in [0.5, 0.6) is 0 Å². The van der Waals surface area contributed by atoms with Crippen LogP contribution in [-0.4, -0.2) is 25.8 Å². The Morgan fingerprint density at radius 1 is 1.45 bits per heavy atom. The number of benzene rings is 1.